The van der Waals surface area contributed by atoms with Crippen molar-refractivity contribution in [3.05, 3.63) is 0 Å². The number of nitrogens with zero attached hydrogens (tertiary/aromatic N) is 1. The van der Waals surface area contributed by atoms with Crippen LogP contribution in [0.25, 0.3) is 0 Å². The highest BCUT2D eigenvalue weighted by atomic mass is 16.2. The summed E-state index contributed by atoms with van der Waals surface area (Å²) in [6.07, 6.45) is 1.79. The van der Waals surface area contributed by atoms with Gasteiger partial charge in [0, 0.05) is 18.5 Å². The Morgan fingerprint density at radius 3 is 1.92 bits per heavy atom. The minimum Gasteiger partial charge on any atom is -0.338 e. The highest BCUT2D eigenvalue weighted by Crippen LogP contribution is 2.20. The summed E-state index contributed by atoms with van der Waals surface area (Å²) in [7, 11) is 0. The topological polar surface area (TPSA) is 20.3 Å². The van der Waals surface area contributed by atoms with Crippen molar-refractivity contribution in [3.63, 3.8) is 0 Å². The van der Waals surface area contributed by atoms with Crippen molar-refractivity contribution in [2.75, 3.05) is 6.54 Å². The molecule has 0 spiro atoms. The van der Waals surface area contributed by atoms with Gasteiger partial charge in [0.2, 0.25) is 5.91 Å². The van der Waals surface area contributed by atoms with Gasteiger partial charge in [-0.3, -0.25) is 4.79 Å². The van der Waals surface area contributed by atoms with E-state index in [9.17, 15) is 4.79 Å². The second-order valence-electron chi connectivity index (χ2n) is 3.82. The molecule has 0 unspecified atom stereocenters. The average molecular weight is 171 g/mol. The van der Waals surface area contributed by atoms with Crippen LogP contribution in [0.15, 0.2) is 0 Å². The molecule has 0 radical (unpaired) electrons. The van der Waals surface area contributed by atoms with Crippen molar-refractivity contribution in [2.24, 2.45) is 0 Å². The molecule has 1 saturated heterocycles. The van der Waals surface area contributed by atoms with E-state index in [1.807, 2.05) is 18.7 Å². The Kier molecular flexibility index (Phi) is 4.29. The first-order chi connectivity index (χ1) is 5.52. The number of carbonyl (C=O) groups excluding carboxylic acids is 1. The van der Waals surface area contributed by atoms with Crippen LogP contribution in [-0.4, -0.2) is 22.9 Å². The van der Waals surface area contributed by atoms with E-state index in [1.54, 1.807) is 0 Å². The predicted molar refractivity (Wildman–Crippen MR) is 52.0 cm³/mol. The maximum absolute atomic E-state index is 11.1. The van der Waals surface area contributed by atoms with Crippen molar-refractivity contribution in [3.8, 4) is 0 Å². The first-order valence-corrected chi connectivity index (χ1v) is 4.82. The summed E-state index contributed by atoms with van der Waals surface area (Å²) in [5.74, 6) is 0.313. The van der Waals surface area contributed by atoms with E-state index in [-0.39, 0.29) is 5.54 Å². The van der Waals surface area contributed by atoms with Gasteiger partial charge in [-0.15, -0.1) is 0 Å². The standard InChI is InChI=1S/C8H15NO.C2H6/c1-8(2,3)9-6-4-5-7(9)10;1-2/h4-6H2,1-3H3;1-2H3. The highest BCUT2D eigenvalue weighted by Gasteiger charge is 2.29. The molecule has 72 valence electrons. The highest BCUT2D eigenvalue weighted by molar-refractivity contribution is 5.78. The molecule has 0 aromatic heterocycles. The fraction of sp³-hybridized carbons (Fsp3) is 0.900. The van der Waals surface area contributed by atoms with Gasteiger partial charge in [-0.25, -0.2) is 0 Å². The zero-order valence-corrected chi connectivity index (χ0v) is 8.98. The quantitative estimate of drug-likeness (QED) is 0.548. The van der Waals surface area contributed by atoms with Crippen LogP contribution in [0, 0.1) is 0 Å². The van der Waals surface area contributed by atoms with Crippen LogP contribution in [-0.2, 0) is 4.79 Å². The van der Waals surface area contributed by atoms with Crippen LogP contribution < -0.4 is 0 Å². The molecule has 2 heteroatoms. The van der Waals surface area contributed by atoms with Crippen LogP contribution in [0.5, 0.6) is 0 Å². The summed E-state index contributed by atoms with van der Waals surface area (Å²) < 4.78 is 0. The second kappa shape index (κ2) is 4.48. The van der Waals surface area contributed by atoms with Gasteiger partial charge >= 0.3 is 0 Å². The Hall–Kier alpha value is -0.530. The van der Waals surface area contributed by atoms with Crippen molar-refractivity contribution >= 4 is 5.91 Å². The maximum atomic E-state index is 11.1. The maximum Gasteiger partial charge on any atom is 0.223 e. The van der Waals surface area contributed by atoms with Gasteiger partial charge in [-0.1, -0.05) is 13.8 Å². The molecule has 0 N–H and O–H groups in total. The first kappa shape index (κ1) is 11.5. The van der Waals surface area contributed by atoms with E-state index in [2.05, 4.69) is 20.8 Å². The molecule has 0 bridgehead atoms. The predicted octanol–water partition coefficient (Wildman–Crippen LogP) is 2.43. The van der Waals surface area contributed by atoms with E-state index in [0.29, 0.717) is 5.91 Å². The summed E-state index contributed by atoms with van der Waals surface area (Å²) in [4.78, 5) is 13.1. The zero-order chi connectivity index (χ0) is 9.78. The van der Waals surface area contributed by atoms with Gasteiger partial charge < -0.3 is 4.90 Å². The van der Waals surface area contributed by atoms with Gasteiger partial charge in [0.1, 0.15) is 0 Å². The van der Waals surface area contributed by atoms with Crippen molar-refractivity contribution in [1.29, 1.82) is 0 Å². The van der Waals surface area contributed by atoms with Gasteiger partial charge in [-0.2, -0.15) is 0 Å². The Morgan fingerprint density at radius 2 is 1.75 bits per heavy atom. The van der Waals surface area contributed by atoms with Crippen molar-refractivity contribution < 1.29 is 4.79 Å². The van der Waals surface area contributed by atoms with E-state index in [0.717, 1.165) is 19.4 Å². The lowest BCUT2D eigenvalue weighted by molar-refractivity contribution is -0.131. The van der Waals surface area contributed by atoms with Gasteiger partial charge in [0.25, 0.3) is 0 Å². The van der Waals surface area contributed by atoms with E-state index >= 15 is 0 Å². The molecule has 0 aromatic rings. The Bertz CT molecular complexity index is 146. The first-order valence-electron chi connectivity index (χ1n) is 4.82. The van der Waals surface area contributed by atoms with Crippen molar-refractivity contribution in [1.82, 2.24) is 4.90 Å². The molecule has 1 heterocycles. The summed E-state index contributed by atoms with van der Waals surface area (Å²) in [6, 6.07) is 0. The number of rotatable bonds is 0. The minimum atomic E-state index is 0.0353. The Labute approximate surface area is 75.9 Å². The van der Waals surface area contributed by atoms with Crippen LogP contribution in [0.2, 0.25) is 0 Å². The Balaban J connectivity index is 0.000000561. The van der Waals surface area contributed by atoms with Gasteiger partial charge in [0.15, 0.2) is 0 Å². The summed E-state index contributed by atoms with van der Waals surface area (Å²) in [6.45, 7) is 11.2. The van der Waals surface area contributed by atoms with Gasteiger partial charge in [0.05, 0.1) is 0 Å². The summed E-state index contributed by atoms with van der Waals surface area (Å²) in [5, 5.41) is 0. The molecule has 0 atom stereocenters. The SMILES string of the molecule is CC.CC(C)(C)N1CCCC1=O. The zero-order valence-electron chi connectivity index (χ0n) is 8.98. The number of amides is 1. The van der Waals surface area contributed by atoms with Crippen LogP contribution in [0.1, 0.15) is 47.5 Å². The molecule has 12 heavy (non-hydrogen) atoms. The molecular formula is C10H21NO. The number of hydrogen-bond acceptors (Lipinski definition) is 1. The third-order valence-corrected chi connectivity index (χ3v) is 1.88. The number of likely N-dealkylation sites (tertiary alicyclic amines) is 1. The molecule has 1 aliphatic rings. The van der Waals surface area contributed by atoms with E-state index in [1.165, 1.54) is 0 Å². The van der Waals surface area contributed by atoms with E-state index < -0.39 is 0 Å². The van der Waals surface area contributed by atoms with Gasteiger partial charge in [-0.05, 0) is 27.2 Å². The smallest absolute Gasteiger partial charge is 0.223 e. The summed E-state index contributed by atoms with van der Waals surface area (Å²) in [5.41, 5.74) is 0.0353. The fourth-order valence-corrected chi connectivity index (χ4v) is 1.36. The normalized spacial score (nSPS) is 17.4. The Morgan fingerprint density at radius 1 is 1.25 bits per heavy atom. The second-order valence-corrected chi connectivity index (χ2v) is 3.82. The molecule has 1 aliphatic heterocycles. The van der Waals surface area contributed by atoms with Crippen LogP contribution in [0.4, 0.5) is 0 Å². The van der Waals surface area contributed by atoms with Crippen LogP contribution in [0.3, 0.4) is 0 Å². The molecule has 1 fully saturated rings. The third-order valence-electron chi connectivity index (χ3n) is 1.88. The largest absolute Gasteiger partial charge is 0.338 e. The average Bonchev–Trinajstić information content (AvgIpc) is 2.38. The van der Waals surface area contributed by atoms with E-state index in [4.69, 9.17) is 0 Å². The van der Waals surface area contributed by atoms with Crippen LogP contribution >= 0.6 is 0 Å². The lowest BCUT2D eigenvalue weighted by Crippen LogP contribution is -2.41. The van der Waals surface area contributed by atoms with Crippen molar-refractivity contribution in [2.45, 2.75) is 53.0 Å². The summed E-state index contributed by atoms with van der Waals surface area (Å²) >= 11 is 0. The molecular weight excluding hydrogens is 150 g/mol. The number of hydrogen-bond donors (Lipinski definition) is 0. The monoisotopic (exact) mass is 171 g/mol. The molecule has 0 aliphatic carbocycles. The molecule has 2 nitrogen and oxygen atoms in total. The lowest BCUT2D eigenvalue weighted by atomic mass is 10.1. The fourth-order valence-electron chi connectivity index (χ4n) is 1.36. The molecule has 0 aromatic carbocycles. The third kappa shape index (κ3) is 2.84. The number of carbonyl (C=O) groups is 1. The molecule has 1 rings (SSSR count). The minimum absolute atomic E-state index is 0.0353. The molecule has 1 amide bonds. The lowest BCUT2D eigenvalue weighted by Gasteiger charge is -2.31. The molecule has 0 saturated carbocycles.